The van der Waals surface area contributed by atoms with Gasteiger partial charge in [0.2, 0.25) is 11.8 Å². The van der Waals surface area contributed by atoms with Crippen LogP contribution in [0.4, 0.5) is 4.39 Å². The van der Waals surface area contributed by atoms with Gasteiger partial charge in [0.05, 0.1) is 0 Å². The molecule has 116 valence electrons. The predicted molar refractivity (Wildman–Crippen MR) is 80.0 cm³/mol. The van der Waals surface area contributed by atoms with E-state index < -0.39 is 6.04 Å². The number of nitrogens with zero attached hydrogens (tertiary/aromatic N) is 1. The van der Waals surface area contributed by atoms with E-state index in [0.717, 1.165) is 6.42 Å². The number of amides is 2. The first-order chi connectivity index (χ1) is 10.0. The molecule has 1 N–H and O–H groups in total. The molecule has 0 spiro atoms. The van der Waals surface area contributed by atoms with Crippen molar-refractivity contribution in [1.29, 1.82) is 0 Å². The molecule has 1 rings (SSSR count). The summed E-state index contributed by atoms with van der Waals surface area (Å²) in [4.78, 5) is 25.5. The van der Waals surface area contributed by atoms with Crippen LogP contribution in [-0.4, -0.2) is 29.3 Å². The molecule has 1 atom stereocenters. The summed E-state index contributed by atoms with van der Waals surface area (Å²) in [7, 11) is 0. The van der Waals surface area contributed by atoms with Gasteiger partial charge in [-0.1, -0.05) is 32.0 Å². The topological polar surface area (TPSA) is 49.4 Å². The van der Waals surface area contributed by atoms with Gasteiger partial charge in [-0.2, -0.15) is 0 Å². The fourth-order valence-corrected chi connectivity index (χ4v) is 1.99. The number of hydrogen-bond donors (Lipinski definition) is 1. The average Bonchev–Trinajstić information content (AvgIpc) is 2.50. The summed E-state index contributed by atoms with van der Waals surface area (Å²) < 4.78 is 13.7. The van der Waals surface area contributed by atoms with Crippen molar-refractivity contribution < 1.29 is 14.0 Å². The molecule has 0 aromatic heterocycles. The van der Waals surface area contributed by atoms with Crippen molar-refractivity contribution >= 4 is 11.8 Å². The van der Waals surface area contributed by atoms with Crippen LogP contribution in [0.2, 0.25) is 0 Å². The van der Waals surface area contributed by atoms with E-state index in [4.69, 9.17) is 0 Å². The number of rotatable bonds is 7. The van der Waals surface area contributed by atoms with E-state index in [2.05, 4.69) is 5.32 Å². The summed E-state index contributed by atoms with van der Waals surface area (Å²) in [6.07, 6.45) is 1.10. The molecule has 21 heavy (non-hydrogen) atoms. The fourth-order valence-electron chi connectivity index (χ4n) is 1.99. The van der Waals surface area contributed by atoms with Gasteiger partial charge in [0.25, 0.3) is 0 Å². The molecular weight excluding hydrogens is 271 g/mol. The van der Waals surface area contributed by atoms with Gasteiger partial charge < -0.3 is 10.2 Å². The van der Waals surface area contributed by atoms with Crippen LogP contribution in [-0.2, 0) is 16.1 Å². The maximum absolute atomic E-state index is 13.7. The smallest absolute Gasteiger partial charge is 0.242 e. The molecule has 1 unspecified atom stereocenters. The Morgan fingerprint density at radius 1 is 1.29 bits per heavy atom. The standard InChI is InChI=1S/C16H23FN2O2/c1-4-10-18-16(21)12(3)19(15(20)5-2)11-13-8-6-7-9-14(13)17/h6-9,12H,4-5,10-11H2,1-3H3,(H,18,21). The summed E-state index contributed by atoms with van der Waals surface area (Å²) in [5.74, 6) is -0.750. The van der Waals surface area contributed by atoms with E-state index in [1.54, 1.807) is 32.0 Å². The zero-order chi connectivity index (χ0) is 15.8. The summed E-state index contributed by atoms with van der Waals surface area (Å²) >= 11 is 0. The third-order valence-corrected chi connectivity index (χ3v) is 3.32. The normalized spacial score (nSPS) is 11.8. The molecule has 1 aromatic rings. The van der Waals surface area contributed by atoms with E-state index in [9.17, 15) is 14.0 Å². The van der Waals surface area contributed by atoms with E-state index in [-0.39, 0.29) is 30.6 Å². The molecule has 0 saturated carbocycles. The lowest BCUT2D eigenvalue weighted by atomic mass is 10.1. The highest BCUT2D eigenvalue weighted by Gasteiger charge is 2.25. The molecule has 0 fully saturated rings. The minimum absolute atomic E-state index is 0.0973. The monoisotopic (exact) mass is 294 g/mol. The van der Waals surface area contributed by atoms with Crippen molar-refractivity contribution in [2.75, 3.05) is 6.54 Å². The molecule has 0 bridgehead atoms. The number of halogens is 1. The molecule has 0 aliphatic rings. The van der Waals surface area contributed by atoms with E-state index in [1.165, 1.54) is 11.0 Å². The molecular formula is C16H23FN2O2. The van der Waals surface area contributed by atoms with Gasteiger partial charge in [0.15, 0.2) is 0 Å². The van der Waals surface area contributed by atoms with Crippen LogP contribution in [0.1, 0.15) is 39.2 Å². The molecule has 2 amide bonds. The summed E-state index contributed by atoms with van der Waals surface area (Å²) in [6, 6.07) is 5.67. The van der Waals surface area contributed by atoms with Crippen LogP contribution >= 0.6 is 0 Å². The summed E-state index contributed by atoms with van der Waals surface area (Å²) in [6.45, 7) is 6.02. The van der Waals surface area contributed by atoms with Crippen molar-refractivity contribution in [3.8, 4) is 0 Å². The highest BCUT2D eigenvalue weighted by atomic mass is 19.1. The lowest BCUT2D eigenvalue weighted by molar-refractivity contribution is -0.140. The largest absolute Gasteiger partial charge is 0.354 e. The second kappa shape index (κ2) is 8.39. The Morgan fingerprint density at radius 2 is 1.95 bits per heavy atom. The quantitative estimate of drug-likeness (QED) is 0.840. The predicted octanol–water partition coefficient (Wildman–Crippen LogP) is 2.48. The molecule has 4 nitrogen and oxygen atoms in total. The maximum Gasteiger partial charge on any atom is 0.242 e. The van der Waals surface area contributed by atoms with Gasteiger partial charge in [-0.3, -0.25) is 9.59 Å². The van der Waals surface area contributed by atoms with Crippen LogP contribution in [0, 0.1) is 5.82 Å². The molecule has 1 aromatic carbocycles. The van der Waals surface area contributed by atoms with E-state index >= 15 is 0 Å². The zero-order valence-corrected chi connectivity index (χ0v) is 12.9. The third-order valence-electron chi connectivity index (χ3n) is 3.32. The van der Waals surface area contributed by atoms with Crippen LogP contribution in [0.5, 0.6) is 0 Å². The second-order valence-corrected chi connectivity index (χ2v) is 4.93. The Morgan fingerprint density at radius 3 is 2.52 bits per heavy atom. The Hall–Kier alpha value is -1.91. The van der Waals surface area contributed by atoms with Gasteiger partial charge >= 0.3 is 0 Å². The number of benzene rings is 1. The fraction of sp³-hybridized carbons (Fsp3) is 0.500. The first-order valence-electron chi connectivity index (χ1n) is 7.31. The third kappa shape index (κ3) is 4.85. The van der Waals surface area contributed by atoms with Crippen molar-refractivity contribution in [3.05, 3.63) is 35.6 Å². The van der Waals surface area contributed by atoms with Crippen LogP contribution < -0.4 is 5.32 Å². The van der Waals surface area contributed by atoms with Crippen molar-refractivity contribution in [3.63, 3.8) is 0 Å². The van der Waals surface area contributed by atoms with Gasteiger partial charge in [-0.05, 0) is 19.4 Å². The first-order valence-corrected chi connectivity index (χ1v) is 7.31. The highest BCUT2D eigenvalue weighted by molar-refractivity contribution is 5.87. The lowest BCUT2D eigenvalue weighted by Gasteiger charge is -2.28. The number of carbonyl (C=O) groups is 2. The Bertz CT molecular complexity index is 491. The van der Waals surface area contributed by atoms with Crippen molar-refractivity contribution in [2.24, 2.45) is 0 Å². The Balaban J connectivity index is 2.88. The molecule has 5 heteroatoms. The molecule has 0 aliphatic heterocycles. The Labute approximate surface area is 125 Å². The second-order valence-electron chi connectivity index (χ2n) is 4.93. The first kappa shape index (κ1) is 17.1. The van der Waals surface area contributed by atoms with Crippen LogP contribution in [0.15, 0.2) is 24.3 Å². The number of carbonyl (C=O) groups excluding carboxylic acids is 2. The minimum atomic E-state index is -0.622. The summed E-state index contributed by atoms with van der Waals surface area (Å²) in [5, 5.41) is 2.77. The van der Waals surface area contributed by atoms with E-state index in [0.29, 0.717) is 12.1 Å². The molecule has 0 aliphatic carbocycles. The number of nitrogens with one attached hydrogen (secondary N) is 1. The zero-order valence-electron chi connectivity index (χ0n) is 12.9. The molecule has 0 heterocycles. The van der Waals surface area contributed by atoms with Gasteiger partial charge in [-0.15, -0.1) is 0 Å². The van der Waals surface area contributed by atoms with Crippen molar-refractivity contribution in [2.45, 2.75) is 46.2 Å². The van der Waals surface area contributed by atoms with E-state index in [1.807, 2.05) is 6.92 Å². The van der Waals surface area contributed by atoms with Crippen LogP contribution in [0.25, 0.3) is 0 Å². The highest BCUT2D eigenvalue weighted by Crippen LogP contribution is 2.13. The minimum Gasteiger partial charge on any atom is -0.354 e. The maximum atomic E-state index is 13.7. The molecule has 0 radical (unpaired) electrons. The van der Waals surface area contributed by atoms with Gasteiger partial charge in [0, 0.05) is 25.1 Å². The Kier molecular flexibility index (Phi) is 6.85. The lowest BCUT2D eigenvalue weighted by Crippen LogP contribution is -2.47. The number of hydrogen-bond acceptors (Lipinski definition) is 2. The SMILES string of the molecule is CCCNC(=O)C(C)N(Cc1ccccc1F)C(=O)CC. The summed E-state index contributed by atoms with van der Waals surface area (Å²) in [5.41, 5.74) is 0.412. The molecule has 0 saturated heterocycles. The van der Waals surface area contributed by atoms with Crippen LogP contribution in [0.3, 0.4) is 0 Å². The van der Waals surface area contributed by atoms with Gasteiger partial charge in [0.1, 0.15) is 11.9 Å². The van der Waals surface area contributed by atoms with Crippen molar-refractivity contribution in [1.82, 2.24) is 10.2 Å². The van der Waals surface area contributed by atoms with Gasteiger partial charge in [-0.25, -0.2) is 4.39 Å². The average molecular weight is 294 g/mol.